The molecule has 0 spiro atoms. The van der Waals surface area contributed by atoms with Gasteiger partial charge in [0.25, 0.3) is 0 Å². The zero-order chi connectivity index (χ0) is 11.0. The maximum atomic E-state index is 12.5. The van der Waals surface area contributed by atoms with Crippen LogP contribution in [0.5, 0.6) is 0 Å². The third-order valence-electron chi connectivity index (χ3n) is 4.18. The second-order valence-corrected chi connectivity index (χ2v) is 5.19. The summed E-state index contributed by atoms with van der Waals surface area (Å²) in [5, 5.41) is 3.32. The molecule has 3 saturated heterocycles. The zero-order valence-corrected chi connectivity index (χ0v) is 10.9. The van der Waals surface area contributed by atoms with E-state index in [9.17, 15) is 4.79 Å². The molecule has 3 aliphatic heterocycles. The fourth-order valence-corrected chi connectivity index (χ4v) is 3.27. The van der Waals surface area contributed by atoms with E-state index in [0.717, 1.165) is 52.0 Å². The van der Waals surface area contributed by atoms with Gasteiger partial charge in [0.1, 0.15) is 0 Å². The van der Waals surface area contributed by atoms with Crippen LogP contribution in [-0.2, 0) is 9.53 Å². The summed E-state index contributed by atoms with van der Waals surface area (Å²) in [5.74, 6) is 0.666. The standard InChI is InChI=1S/C12H20N2O2.ClH/c15-12(9-3-5-13-6-4-9)14-10-1-2-11(14)8-16-7-10;/h9-11,13H,1-8H2;1H. The summed E-state index contributed by atoms with van der Waals surface area (Å²) in [5.41, 5.74) is 0. The monoisotopic (exact) mass is 260 g/mol. The number of nitrogens with one attached hydrogen (secondary N) is 1. The molecule has 3 heterocycles. The molecule has 0 aliphatic carbocycles. The molecule has 3 fully saturated rings. The Bertz CT molecular complexity index is 266. The number of fused-ring (bicyclic) bond motifs is 2. The first-order chi connectivity index (χ1) is 7.86. The van der Waals surface area contributed by atoms with E-state index in [1.54, 1.807) is 0 Å². The van der Waals surface area contributed by atoms with Crippen LogP contribution in [0, 0.1) is 5.92 Å². The molecule has 0 aromatic carbocycles. The first kappa shape index (κ1) is 13.1. The Morgan fingerprint density at radius 3 is 2.24 bits per heavy atom. The van der Waals surface area contributed by atoms with Gasteiger partial charge < -0.3 is 15.0 Å². The number of hydrogen-bond acceptors (Lipinski definition) is 3. The fraction of sp³-hybridized carbons (Fsp3) is 0.917. The predicted molar refractivity (Wildman–Crippen MR) is 67.3 cm³/mol. The molecule has 4 nitrogen and oxygen atoms in total. The molecule has 0 radical (unpaired) electrons. The highest BCUT2D eigenvalue weighted by Crippen LogP contribution is 2.31. The van der Waals surface area contributed by atoms with Crippen molar-refractivity contribution >= 4 is 18.3 Å². The minimum Gasteiger partial charge on any atom is -0.377 e. The van der Waals surface area contributed by atoms with Crippen molar-refractivity contribution in [1.82, 2.24) is 10.2 Å². The molecule has 5 heteroatoms. The third kappa shape index (κ3) is 2.44. The van der Waals surface area contributed by atoms with E-state index in [1.807, 2.05) is 0 Å². The topological polar surface area (TPSA) is 41.6 Å². The summed E-state index contributed by atoms with van der Waals surface area (Å²) < 4.78 is 5.52. The van der Waals surface area contributed by atoms with Gasteiger partial charge in [-0.1, -0.05) is 0 Å². The van der Waals surface area contributed by atoms with Crippen LogP contribution in [0.25, 0.3) is 0 Å². The number of piperidine rings is 1. The lowest BCUT2D eigenvalue weighted by atomic mass is 9.95. The van der Waals surface area contributed by atoms with Crippen molar-refractivity contribution in [3.05, 3.63) is 0 Å². The van der Waals surface area contributed by atoms with Crippen LogP contribution in [0.15, 0.2) is 0 Å². The molecule has 1 N–H and O–H groups in total. The Balaban J connectivity index is 0.00000108. The molecule has 2 bridgehead atoms. The van der Waals surface area contributed by atoms with E-state index in [0.29, 0.717) is 18.0 Å². The smallest absolute Gasteiger partial charge is 0.226 e. The number of carbonyl (C=O) groups excluding carboxylic acids is 1. The van der Waals surface area contributed by atoms with Crippen LogP contribution in [0.4, 0.5) is 0 Å². The second-order valence-electron chi connectivity index (χ2n) is 5.19. The van der Waals surface area contributed by atoms with Crippen molar-refractivity contribution in [2.75, 3.05) is 26.3 Å². The number of carbonyl (C=O) groups is 1. The number of ether oxygens (including phenoxy) is 1. The van der Waals surface area contributed by atoms with Gasteiger partial charge in [-0.2, -0.15) is 0 Å². The van der Waals surface area contributed by atoms with Crippen LogP contribution < -0.4 is 5.32 Å². The second kappa shape index (κ2) is 5.55. The minimum atomic E-state index is 0. The van der Waals surface area contributed by atoms with Gasteiger partial charge in [0.2, 0.25) is 5.91 Å². The number of morpholine rings is 1. The number of halogens is 1. The Labute approximate surface area is 108 Å². The molecule has 17 heavy (non-hydrogen) atoms. The normalized spacial score (nSPS) is 33.3. The first-order valence-electron chi connectivity index (χ1n) is 6.47. The number of hydrogen-bond donors (Lipinski definition) is 1. The summed E-state index contributed by atoms with van der Waals surface area (Å²) in [4.78, 5) is 14.6. The maximum Gasteiger partial charge on any atom is 0.226 e. The lowest BCUT2D eigenvalue weighted by Gasteiger charge is -2.37. The van der Waals surface area contributed by atoms with E-state index in [-0.39, 0.29) is 18.3 Å². The van der Waals surface area contributed by atoms with Crippen molar-refractivity contribution in [3.8, 4) is 0 Å². The van der Waals surface area contributed by atoms with E-state index in [4.69, 9.17) is 4.74 Å². The van der Waals surface area contributed by atoms with E-state index in [2.05, 4.69) is 10.2 Å². The van der Waals surface area contributed by atoms with E-state index >= 15 is 0 Å². The van der Waals surface area contributed by atoms with Gasteiger partial charge in [0, 0.05) is 5.92 Å². The van der Waals surface area contributed by atoms with E-state index in [1.165, 1.54) is 0 Å². The molecular weight excluding hydrogens is 240 g/mol. The van der Waals surface area contributed by atoms with Gasteiger partial charge in [-0.15, -0.1) is 12.4 Å². The Kier molecular flexibility index (Phi) is 4.28. The average Bonchev–Trinajstić information content (AvgIpc) is 2.59. The molecule has 2 atom stereocenters. The molecular formula is C12H21ClN2O2. The summed E-state index contributed by atoms with van der Waals surface area (Å²) >= 11 is 0. The summed E-state index contributed by atoms with van der Waals surface area (Å²) in [6, 6.07) is 0.752. The van der Waals surface area contributed by atoms with Crippen molar-refractivity contribution in [2.45, 2.75) is 37.8 Å². The van der Waals surface area contributed by atoms with Crippen molar-refractivity contribution in [2.24, 2.45) is 5.92 Å². The molecule has 98 valence electrons. The molecule has 0 aromatic rings. The SMILES string of the molecule is Cl.O=C(C1CCNCC1)N1C2CCC1COC2. The fourth-order valence-electron chi connectivity index (χ4n) is 3.27. The Morgan fingerprint density at radius 1 is 1.06 bits per heavy atom. The average molecular weight is 261 g/mol. The van der Waals surface area contributed by atoms with Gasteiger partial charge in [0.05, 0.1) is 25.3 Å². The Morgan fingerprint density at radius 2 is 1.65 bits per heavy atom. The lowest BCUT2D eigenvalue weighted by Crippen LogP contribution is -2.52. The quantitative estimate of drug-likeness (QED) is 0.758. The third-order valence-corrected chi connectivity index (χ3v) is 4.18. The van der Waals surface area contributed by atoms with Gasteiger partial charge in [-0.05, 0) is 38.8 Å². The summed E-state index contributed by atoms with van der Waals surface area (Å²) in [7, 11) is 0. The summed E-state index contributed by atoms with van der Waals surface area (Å²) in [6.45, 7) is 3.51. The van der Waals surface area contributed by atoms with Crippen LogP contribution in [-0.4, -0.2) is 49.2 Å². The lowest BCUT2D eigenvalue weighted by molar-refractivity contribution is -0.146. The van der Waals surface area contributed by atoms with Crippen molar-refractivity contribution < 1.29 is 9.53 Å². The highest BCUT2D eigenvalue weighted by atomic mass is 35.5. The molecule has 3 rings (SSSR count). The largest absolute Gasteiger partial charge is 0.377 e. The van der Waals surface area contributed by atoms with Crippen molar-refractivity contribution in [1.29, 1.82) is 0 Å². The van der Waals surface area contributed by atoms with Gasteiger partial charge in [-0.25, -0.2) is 0 Å². The highest BCUT2D eigenvalue weighted by molar-refractivity contribution is 5.85. The molecule has 0 saturated carbocycles. The van der Waals surface area contributed by atoms with Gasteiger partial charge >= 0.3 is 0 Å². The minimum absolute atomic E-state index is 0. The van der Waals surface area contributed by atoms with Crippen LogP contribution in [0.1, 0.15) is 25.7 Å². The zero-order valence-electron chi connectivity index (χ0n) is 10.1. The first-order valence-corrected chi connectivity index (χ1v) is 6.47. The summed E-state index contributed by atoms with van der Waals surface area (Å²) in [6.07, 6.45) is 4.30. The number of rotatable bonds is 1. The number of nitrogens with zero attached hydrogens (tertiary/aromatic N) is 1. The van der Waals surface area contributed by atoms with Crippen LogP contribution >= 0.6 is 12.4 Å². The Hall–Kier alpha value is -0.320. The number of amides is 1. The molecule has 0 aromatic heterocycles. The molecule has 3 aliphatic rings. The van der Waals surface area contributed by atoms with Gasteiger partial charge in [0.15, 0.2) is 0 Å². The predicted octanol–water partition coefficient (Wildman–Crippen LogP) is 0.798. The van der Waals surface area contributed by atoms with Crippen LogP contribution in [0.3, 0.4) is 0 Å². The maximum absolute atomic E-state index is 12.5. The van der Waals surface area contributed by atoms with Crippen LogP contribution in [0.2, 0.25) is 0 Å². The molecule has 2 unspecified atom stereocenters. The van der Waals surface area contributed by atoms with Gasteiger partial charge in [-0.3, -0.25) is 4.79 Å². The van der Waals surface area contributed by atoms with Crippen molar-refractivity contribution in [3.63, 3.8) is 0 Å². The highest BCUT2D eigenvalue weighted by Gasteiger charge is 2.42. The van der Waals surface area contributed by atoms with E-state index < -0.39 is 0 Å². The molecule has 1 amide bonds.